The number of aliphatic hydroxyl groups is 1. The van der Waals surface area contributed by atoms with Crippen molar-refractivity contribution in [3.05, 3.63) is 93.7 Å². The van der Waals surface area contributed by atoms with E-state index in [-0.39, 0.29) is 61.7 Å². The minimum Gasteiger partial charge on any atom is -0.489 e. The molecule has 0 unspecified atom stereocenters. The van der Waals surface area contributed by atoms with Crippen LogP contribution in [0, 0.1) is 34.5 Å². The highest BCUT2D eigenvalue weighted by Crippen LogP contribution is 2.55. The number of hydrogen-bond donors (Lipinski definition) is 4. The minimum atomic E-state index is -0.973. The number of piperazine rings is 1. The molecule has 72 heavy (non-hydrogen) atoms. The van der Waals surface area contributed by atoms with Gasteiger partial charge in [0, 0.05) is 73.8 Å². The Bertz CT molecular complexity index is 2620. The maximum absolute atomic E-state index is 14.2. The molecule has 0 spiro atoms. The first-order chi connectivity index (χ1) is 33.9. The number of amides is 4. The zero-order chi connectivity index (χ0) is 52.4. The highest BCUT2D eigenvalue weighted by Gasteiger charge is 2.64. The lowest BCUT2D eigenvalue weighted by Gasteiger charge is -2.63. The van der Waals surface area contributed by atoms with Crippen LogP contribution in [0.2, 0.25) is 5.02 Å². The van der Waals surface area contributed by atoms with Crippen LogP contribution in [-0.4, -0.2) is 130 Å². The molecule has 4 N–H and O–H groups in total. The smallest absolute Gasteiger partial charge is 0.253 e. The van der Waals surface area contributed by atoms with Crippen LogP contribution in [0.5, 0.6) is 5.75 Å². The number of ether oxygens (including phenoxy) is 2. The van der Waals surface area contributed by atoms with Crippen molar-refractivity contribution >= 4 is 52.4 Å². The van der Waals surface area contributed by atoms with Gasteiger partial charge in [0.1, 0.15) is 42.4 Å². The number of aliphatic hydroxyl groups excluding tert-OH is 1. The number of thiazole rings is 1. The molecule has 0 radical (unpaired) electrons. The third kappa shape index (κ3) is 11.7. The number of hydrogen-bond acceptors (Lipinski definition) is 13. The second kappa shape index (κ2) is 21.8. The quantitative estimate of drug-likeness (QED) is 0.0845. The largest absolute Gasteiger partial charge is 0.489 e. The predicted octanol–water partition coefficient (Wildman–Crippen LogP) is 6.94. The average molecular weight is 1020 g/mol. The Morgan fingerprint density at radius 2 is 1.65 bits per heavy atom. The average Bonchev–Trinajstić information content (AvgIpc) is 3.94. The Morgan fingerprint density at radius 1 is 0.972 bits per heavy atom. The molecule has 4 amide bonds. The molecule has 6 atom stereocenters. The lowest BCUT2D eigenvalue weighted by atomic mass is 9.49. The number of nitrogens with zero attached hydrogens (tertiary/aromatic N) is 6. The monoisotopic (exact) mass is 1020 g/mol. The molecule has 3 aliphatic rings. The summed E-state index contributed by atoms with van der Waals surface area (Å²) in [5.41, 5.74) is 4.03. The number of aryl methyl sites for hydroxylation is 1. The number of carbonyl (C=O) groups excluding carboxylic acids is 4. The van der Waals surface area contributed by atoms with E-state index in [1.807, 2.05) is 76.5 Å². The highest BCUT2D eigenvalue weighted by molar-refractivity contribution is 7.13. The van der Waals surface area contributed by atoms with Crippen LogP contribution >= 0.6 is 22.9 Å². The second-order valence-corrected chi connectivity index (χ2v) is 23.3. The summed E-state index contributed by atoms with van der Waals surface area (Å²) in [5.74, 6) is -0.131. The van der Waals surface area contributed by atoms with E-state index in [9.17, 15) is 29.5 Å². The SMILES string of the molecule is Cc1ncsc1-c1ccc([C@H](C)NC(=O)[C@@H]2C[C@@H](O)CN2C(=O)[C@@H](NC(=O)COCCN2C[C@@H](C)N(c3ccc(C(=O)NC4C(C)(C)C(Oc5ccc(C#N)c(Cl)c5)C4(C)C)cn3)[C@@H](C)C2)C(C)(C)C)cc1. The Balaban J connectivity index is 0.860. The van der Waals surface area contributed by atoms with Crippen molar-refractivity contribution in [3.8, 4) is 22.3 Å². The summed E-state index contributed by atoms with van der Waals surface area (Å²) in [6.07, 6.45) is 0.598. The lowest BCUT2D eigenvalue weighted by Crippen LogP contribution is -2.74. The number of halogens is 1. The molecule has 4 aromatic rings. The summed E-state index contributed by atoms with van der Waals surface area (Å²) in [7, 11) is 0. The van der Waals surface area contributed by atoms with Gasteiger partial charge in [0.2, 0.25) is 17.7 Å². The molecule has 18 heteroatoms. The van der Waals surface area contributed by atoms with Crippen LogP contribution in [0.15, 0.2) is 66.3 Å². The maximum Gasteiger partial charge on any atom is 0.253 e. The van der Waals surface area contributed by atoms with Gasteiger partial charge in [-0.1, -0.05) is 84.3 Å². The molecular formula is C54H70ClN9O7S. The van der Waals surface area contributed by atoms with Crippen molar-refractivity contribution in [1.82, 2.24) is 35.7 Å². The maximum atomic E-state index is 14.2. The highest BCUT2D eigenvalue weighted by atomic mass is 35.5. The number of pyridine rings is 1. The second-order valence-electron chi connectivity index (χ2n) is 22.0. The van der Waals surface area contributed by atoms with E-state index in [1.54, 1.807) is 35.7 Å². The van der Waals surface area contributed by atoms with Gasteiger partial charge >= 0.3 is 0 Å². The zero-order valence-electron chi connectivity index (χ0n) is 43.3. The summed E-state index contributed by atoms with van der Waals surface area (Å²) in [6.45, 7) is 24.0. The topological polar surface area (TPSA) is 202 Å². The van der Waals surface area contributed by atoms with Gasteiger partial charge in [0.15, 0.2) is 0 Å². The Kier molecular flexibility index (Phi) is 16.4. The summed E-state index contributed by atoms with van der Waals surface area (Å²) in [4.78, 5) is 71.0. The molecular weight excluding hydrogens is 954 g/mol. The van der Waals surface area contributed by atoms with E-state index in [2.05, 4.69) is 78.3 Å². The first kappa shape index (κ1) is 54.1. The van der Waals surface area contributed by atoms with Crippen molar-refractivity contribution in [2.24, 2.45) is 16.2 Å². The van der Waals surface area contributed by atoms with E-state index in [0.29, 0.717) is 35.1 Å². The van der Waals surface area contributed by atoms with Crippen molar-refractivity contribution < 1.29 is 33.8 Å². The molecule has 2 saturated heterocycles. The van der Waals surface area contributed by atoms with Crippen LogP contribution in [-0.2, 0) is 19.1 Å². The van der Waals surface area contributed by atoms with Crippen LogP contribution < -0.4 is 25.6 Å². The number of anilines is 1. The van der Waals surface area contributed by atoms with Gasteiger partial charge in [-0.05, 0) is 68.5 Å². The Hall–Kier alpha value is -5.64. The van der Waals surface area contributed by atoms with Gasteiger partial charge in [-0.25, -0.2) is 9.97 Å². The van der Waals surface area contributed by atoms with Crippen LogP contribution in [0.3, 0.4) is 0 Å². The molecule has 4 heterocycles. The van der Waals surface area contributed by atoms with Gasteiger partial charge in [0.05, 0.1) is 51.0 Å². The van der Waals surface area contributed by atoms with Crippen molar-refractivity contribution in [2.45, 2.75) is 131 Å². The molecule has 1 saturated carbocycles. The molecule has 386 valence electrons. The fourth-order valence-electron chi connectivity index (χ4n) is 11.1. The van der Waals surface area contributed by atoms with Crippen LogP contribution in [0.4, 0.5) is 5.82 Å². The fraction of sp³-hybridized carbons (Fsp3) is 0.537. The fourth-order valence-corrected chi connectivity index (χ4v) is 12.2. The number of benzene rings is 2. The summed E-state index contributed by atoms with van der Waals surface area (Å²) in [5, 5.41) is 29.4. The number of nitrogens with one attached hydrogen (secondary N) is 3. The van der Waals surface area contributed by atoms with Crippen LogP contribution in [0.25, 0.3) is 10.4 Å². The van der Waals surface area contributed by atoms with E-state index >= 15 is 0 Å². The Morgan fingerprint density at radius 3 is 2.24 bits per heavy atom. The number of nitriles is 1. The predicted molar refractivity (Wildman–Crippen MR) is 279 cm³/mol. The number of β-amino-alcohol motifs (C(OH)–C–C–N with tert-alkyl or cyclic N) is 1. The summed E-state index contributed by atoms with van der Waals surface area (Å²) < 4.78 is 12.3. The van der Waals surface area contributed by atoms with Gasteiger partial charge in [-0.3, -0.25) is 24.1 Å². The van der Waals surface area contributed by atoms with Gasteiger partial charge < -0.3 is 40.3 Å². The molecule has 7 rings (SSSR count). The molecule has 16 nitrogen and oxygen atoms in total. The van der Waals surface area contributed by atoms with E-state index < -0.39 is 46.2 Å². The first-order valence-electron chi connectivity index (χ1n) is 24.7. The first-order valence-corrected chi connectivity index (χ1v) is 26.0. The van der Waals surface area contributed by atoms with Crippen molar-refractivity contribution in [1.29, 1.82) is 5.26 Å². The number of likely N-dealkylation sites (tertiary alicyclic amines) is 1. The Labute approximate surface area is 432 Å². The van der Waals surface area contributed by atoms with E-state index in [1.165, 1.54) is 4.90 Å². The minimum absolute atomic E-state index is 0.0221. The number of carbonyl (C=O) groups is 4. The number of rotatable bonds is 16. The van der Waals surface area contributed by atoms with Gasteiger partial charge in [-0.15, -0.1) is 11.3 Å². The van der Waals surface area contributed by atoms with Gasteiger partial charge in [-0.2, -0.15) is 5.26 Å². The standard InChI is InChI=1S/C54H70ClN9O7S/c1-31-26-62(27-32(2)64(31)43-19-17-38(25-57-43)47(67)61-50-53(8,9)51(54(50,10)11)71-40-18-16-37(24-56)41(55)23-40)20-21-70-29-44(66)60-46(52(5,6)7)49(69)63-28-39(65)22-42(63)48(68)59-33(3)35-12-14-36(15-13-35)45-34(4)58-30-72-45/h12-19,23,25,30-33,39,42,46,50-51,65H,20-22,26-29H2,1-11H3,(H,59,68)(H,60,66)(H,61,67)/t31-,32+,33-,39+,42-,46+,50?,51?/m0/s1. The molecule has 3 fully saturated rings. The molecule has 2 aromatic heterocycles. The van der Waals surface area contributed by atoms with E-state index in [0.717, 1.165) is 40.6 Å². The van der Waals surface area contributed by atoms with E-state index in [4.69, 9.17) is 26.1 Å². The van der Waals surface area contributed by atoms with Gasteiger partial charge in [0.25, 0.3) is 5.91 Å². The molecule has 2 aromatic carbocycles. The molecule has 1 aliphatic carbocycles. The van der Waals surface area contributed by atoms with Crippen molar-refractivity contribution in [2.75, 3.05) is 44.3 Å². The molecule has 2 aliphatic heterocycles. The number of aromatic nitrogens is 2. The summed E-state index contributed by atoms with van der Waals surface area (Å²) in [6, 6.07) is 16.5. The summed E-state index contributed by atoms with van der Waals surface area (Å²) >= 11 is 7.84. The van der Waals surface area contributed by atoms with Crippen LogP contribution in [0.1, 0.15) is 109 Å². The third-order valence-electron chi connectivity index (χ3n) is 14.5. The van der Waals surface area contributed by atoms with Crippen molar-refractivity contribution in [3.63, 3.8) is 0 Å². The third-order valence-corrected chi connectivity index (χ3v) is 15.8. The normalized spacial score (nSPS) is 23.6. The zero-order valence-corrected chi connectivity index (χ0v) is 44.9. The molecule has 0 bridgehead atoms. The lowest BCUT2D eigenvalue weighted by molar-refractivity contribution is -0.164.